The highest BCUT2D eigenvalue weighted by atomic mass is 16.5. The zero-order valence-corrected chi connectivity index (χ0v) is 31.7. The van der Waals surface area contributed by atoms with Crippen molar-refractivity contribution in [2.45, 2.75) is 60.4 Å². The molecule has 6 aromatic rings. The number of pyridine rings is 2. The van der Waals surface area contributed by atoms with Gasteiger partial charge in [0.15, 0.2) is 0 Å². The molecule has 0 radical (unpaired) electrons. The lowest BCUT2D eigenvalue weighted by molar-refractivity contribution is 0.254. The van der Waals surface area contributed by atoms with E-state index in [1.165, 1.54) is 12.4 Å². The predicted molar refractivity (Wildman–Crippen MR) is 211 cm³/mol. The standard InChI is InChI=1S/C46H39N5O6/c1-29-10-38(23-52)45(54-25-34-12-32(16-47)19-50-21-34)14-43(29)56-27-36-6-4-8-40(31(36)3)41-9-5-7-37(42(41)18-49)28-57-44-15-46(39(24-53)11-30(44)2)55-26-35-13-33(17-48)20-51-22-35/h4-15,19-22,52-53H,23-28H2,1-3H3. The fourth-order valence-corrected chi connectivity index (χ4v) is 6.38. The van der Waals surface area contributed by atoms with Crippen molar-refractivity contribution >= 4 is 0 Å². The third-order valence-electron chi connectivity index (χ3n) is 9.46. The van der Waals surface area contributed by atoms with Crippen LogP contribution in [0.5, 0.6) is 23.0 Å². The number of aliphatic hydroxyl groups excluding tert-OH is 2. The first-order chi connectivity index (χ1) is 27.7. The van der Waals surface area contributed by atoms with Crippen molar-refractivity contribution in [3.63, 3.8) is 0 Å². The molecule has 0 atom stereocenters. The predicted octanol–water partition coefficient (Wildman–Crippen LogP) is 7.98. The summed E-state index contributed by atoms with van der Waals surface area (Å²) >= 11 is 0. The van der Waals surface area contributed by atoms with Gasteiger partial charge in [-0.15, -0.1) is 0 Å². The Bertz CT molecular complexity index is 2550. The van der Waals surface area contributed by atoms with Crippen LogP contribution in [0.15, 0.2) is 97.6 Å². The normalized spacial score (nSPS) is 10.6. The Hall–Kier alpha value is -7.23. The average molecular weight is 758 g/mol. The third kappa shape index (κ3) is 9.36. The van der Waals surface area contributed by atoms with E-state index >= 15 is 0 Å². The first kappa shape index (κ1) is 39.5. The van der Waals surface area contributed by atoms with E-state index in [9.17, 15) is 26.0 Å². The highest BCUT2D eigenvalue weighted by Gasteiger charge is 2.17. The Morgan fingerprint density at radius 3 is 1.47 bits per heavy atom. The molecular weight excluding hydrogens is 719 g/mol. The number of hydrogen-bond acceptors (Lipinski definition) is 11. The molecule has 57 heavy (non-hydrogen) atoms. The second-order valence-electron chi connectivity index (χ2n) is 13.4. The largest absolute Gasteiger partial charge is 0.488 e. The molecule has 284 valence electrons. The molecule has 4 aromatic carbocycles. The minimum atomic E-state index is -0.236. The van der Waals surface area contributed by atoms with Gasteiger partial charge in [-0.2, -0.15) is 15.8 Å². The van der Waals surface area contributed by atoms with E-state index in [0.29, 0.717) is 61.9 Å². The summed E-state index contributed by atoms with van der Waals surface area (Å²) in [4.78, 5) is 8.17. The van der Waals surface area contributed by atoms with Crippen LogP contribution in [0.4, 0.5) is 0 Å². The number of aliphatic hydroxyl groups is 2. The van der Waals surface area contributed by atoms with Gasteiger partial charge in [-0.1, -0.05) is 36.4 Å². The van der Waals surface area contributed by atoms with Crippen LogP contribution in [0, 0.1) is 54.8 Å². The molecule has 2 heterocycles. The Labute approximate surface area is 331 Å². The lowest BCUT2D eigenvalue weighted by Gasteiger charge is -2.18. The van der Waals surface area contributed by atoms with E-state index in [2.05, 4.69) is 28.2 Å². The topological polar surface area (TPSA) is 175 Å². The number of nitriles is 3. The summed E-state index contributed by atoms with van der Waals surface area (Å²) in [5, 5.41) is 48.9. The van der Waals surface area contributed by atoms with Gasteiger partial charge in [-0.25, -0.2) is 0 Å². The van der Waals surface area contributed by atoms with E-state index in [-0.39, 0.29) is 39.6 Å². The molecule has 0 fully saturated rings. The molecule has 2 aromatic heterocycles. The van der Waals surface area contributed by atoms with E-state index in [1.807, 2.05) is 63.2 Å². The Morgan fingerprint density at radius 1 is 0.509 bits per heavy atom. The zero-order chi connectivity index (χ0) is 40.3. The van der Waals surface area contributed by atoms with Crippen molar-refractivity contribution in [2.24, 2.45) is 0 Å². The first-order valence-corrected chi connectivity index (χ1v) is 18.0. The van der Waals surface area contributed by atoms with E-state index < -0.39 is 0 Å². The number of benzene rings is 4. The minimum absolute atomic E-state index is 0.110. The first-order valence-electron chi connectivity index (χ1n) is 18.0. The van der Waals surface area contributed by atoms with Crippen molar-refractivity contribution in [1.82, 2.24) is 9.97 Å². The number of nitrogens with zero attached hydrogens (tertiary/aromatic N) is 5. The lowest BCUT2D eigenvalue weighted by Crippen LogP contribution is -2.05. The molecule has 11 nitrogen and oxygen atoms in total. The highest BCUT2D eigenvalue weighted by molar-refractivity contribution is 5.75. The summed E-state index contributed by atoms with van der Waals surface area (Å²) in [5.74, 6) is 2.03. The van der Waals surface area contributed by atoms with Crippen molar-refractivity contribution < 1.29 is 29.2 Å². The molecule has 0 spiro atoms. The van der Waals surface area contributed by atoms with Gasteiger partial charge in [0.1, 0.15) is 67.6 Å². The van der Waals surface area contributed by atoms with Gasteiger partial charge >= 0.3 is 0 Å². The molecule has 0 amide bonds. The van der Waals surface area contributed by atoms with Crippen LogP contribution in [-0.4, -0.2) is 20.2 Å². The molecule has 0 saturated heterocycles. The average Bonchev–Trinajstić information content (AvgIpc) is 3.24. The van der Waals surface area contributed by atoms with Crippen molar-refractivity contribution in [3.8, 4) is 52.3 Å². The molecule has 11 heteroatoms. The van der Waals surface area contributed by atoms with Crippen molar-refractivity contribution in [3.05, 3.63) is 164 Å². The highest BCUT2D eigenvalue weighted by Crippen LogP contribution is 2.35. The van der Waals surface area contributed by atoms with Crippen LogP contribution in [0.25, 0.3) is 11.1 Å². The number of ether oxygens (including phenoxy) is 4. The van der Waals surface area contributed by atoms with Crippen LogP contribution < -0.4 is 18.9 Å². The number of rotatable bonds is 15. The zero-order valence-electron chi connectivity index (χ0n) is 31.7. The van der Waals surface area contributed by atoms with Crippen LogP contribution in [-0.2, 0) is 39.6 Å². The summed E-state index contributed by atoms with van der Waals surface area (Å²) in [6.45, 7) is 5.98. The lowest BCUT2D eigenvalue weighted by atomic mass is 9.91. The second kappa shape index (κ2) is 18.4. The summed E-state index contributed by atoms with van der Waals surface area (Å²) in [7, 11) is 0. The Morgan fingerprint density at radius 2 is 0.982 bits per heavy atom. The quantitative estimate of drug-likeness (QED) is 0.104. The molecule has 2 N–H and O–H groups in total. The van der Waals surface area contributed by atoms with Crippen LogP contribution >= 0.6 is 0 Å². The third-order valence-corrected chi connectivity index (χ3v) is 9.46. The Kier molecular flexibility index (Phi) is 12.7. The molecule has 0 bridgehead atoms. The summed E-state index contributed by atoms with van der Waals surface area (Å²) in [6.07, 6.45) is 6.21. The van der Waals surface area contributed by atoms with Crippen LogP contribution in [0.2, 0.25) is 0 Å². The molecule has 0 aliphatic rings. The smallest absolute Gasteiger partial charge is 0.129 e. The van der Waals surface area contributed by atoms with Gasteiger partial charge in [0, 0.05) is 70.3 Å². The van der Waals surface area contributed by atoms with Gasteiger partial charge in [0.2, 0.25) is 0 Å². The van der Waals surface area contributed by atoms with E-state index in [0.717, 1.165) is 38.9 Å². The fourth-order valence-electron chi connectivity index (χ4n) is 6.38. The molecule has 0 aliphatic heterocycles. The number of aryl methyl sites for hydroxylation is 2. The SMILES string of the molecule is Cc1cc(CO)c(OCc2cncc(C#N)c2)cc1OCc1cccc(-c2cccc(COc3cc(OCc4cncc(C#N)c4)c(CO)cc3C)c2C#N)c1C. The molecule has 6 rings (SSSR count). The van der Waals surface area contributed by atoms with Gasteiger partial charge in [-0.3, -0.25) is 9.97 Å². The summed E-state index contributed by atoms with van der Waals surface area (Å²) in [6, 6.07) is 28.7. The Balaban J connectivity index is 1.19. The van der Waals surface area contributed by atoms with Crippen LogP contribution in [0.3, 0.4) is 0 Å². The summed E-state index contributed by atoms with van der Waals surface area (Å²) in [5.41, 5.74) is 9.81. The summed E-state index contributed by atoms with van der Waals surface area (Å²) < 4.78 is 24.7. The van der Waals surface area contributed by atoms with E-state index in [1.54, 1.807) is 42.7 Å². The van der Waals surface area contributed by atoms with Crippen molar-refractivity contribution in [1.29, 1.82) is 15.8 Å². The molecule has 0 saturated carbocycles. The van der Waals surface area contributed by atoms with Crippen LogP contribution in [0.1, 0.15) is 66.8 Å². The minimum Gasteiger partial charge on any atom is -0.488 e. The van der Waals surface area contributed by atoms with Gasteiger partial charge in [-0.05, 0) is 72.9 Å². The van der Waals surface area contributed by atoms with Gasteiger partial charge < -0.3 is 29.2 Å². The van der Waals surface area contributed by atoms with Gasteiger partial charge in [0.25, 0.3) is 0 Å². The maximum Gasteiger partial charge on any atom is 0.129 e. The van der Waals surface area contributed by atoms with Gasteiger partial charge in [0.05, 0.1) is 29.9 Å². The molecule has 0 unspecified atom stereocenters. The van der Waals surface area contributed by atoms with Crippen molar-refractivity contribution in [2.75, 3.05) is 0 Å². The fraction of sp³-hybridized carbons (Fsp3) is 0.196. The van der Waals surface area contributed by atoms with E-state index in [4.69, 9.17) is 18.9 Å². The molecular formula is C46H39N5O6. The maximum atomic E-state index is 10.4. The monoisotopic (exact) mass is 757 g/mol. The number of hydrogen-bond donors (Lipinski definition) is 2. The number of aromatic nitrogens is 2. The molecule has 0 aliphatic carbocycles. The second-order valence-corrected chi connectivity index (χ2v) is 13.4. The maximum absolute atomic E-state index is 10.4.